The second kappa shape index (κ2) is 6.46. The Morgan fingerprint density at radius 1 is 1.29 bits per heavy atom. The van der Waals surface area contributed by atoms with E-state index < -0.39 is 17.4 Å². The molecule has 0 aromatic carbocycles. The molecule has 0 radical (unpaired) electrons. The molecule has 6 nitrogen and oxygen atoms in total. The summed E-state index contributed by atoms with van der Waals surface area (Å²) in [5.41, 5.74) is -0.120. The minimum absolute atomic E-state index is 0.0639. The predicted molar refractivity (Wildman–Crippen MR) is 99.3 cm³/mol. The summed E-state index contributed by atoms with van der Waals surface area (Å²) in [6, 6.07) is 1.70. The molecular formula is C22H28O6. The van der Waals surface area contributed by atoms with Crippen molar-refractivity contribution in [3.63, 3.8) is 0 Å². The standard InChI is InChI=1S/C22H28O6/c1-12-9-18-22(4)17(21(12,3)10-15(24)14-7-8-26-11-14)6-5-16(27-13(2)23)19(22)20(25)28-18/h7-8,11-12,16-19H,5-6,9-10H2,1-4H3. The average Bonchev–Trinajstić information content (AvgIpc) is 3.21. The maximum absolute atomic E-state index is 12.9. The van der Waals surface area contributed by atoms with Gasteiger partial charge >= 0.3 is 11.9 Å². The normalized spacial score (nSPS) is 41.9. The van der Waals surface area contributed by atoms with Gasteiger partial charge in [-0.3, -0.25) is 14.4 Å². The van der Waals surface area contributed by atoms with Crippen LogP contribution in [0.1, 0.15) is 63.7 Å². The lowest BCUT2D eigenvalue weighted by Crippen LogP contribution is -2.60. The lowest BCUT2D eigenvalue weighted by Gasteiger charge is -2.59. The van der Waals surface area contributed by atoms with E-state index in [4.69, 9.17) is 13.9 Å². The van der Waals surface area contributed by atoms with Crippen LogP contribution in [0.15, 0.2) is 23.0 Å². The zero-order valence-corrected chi connectivity index (χ0v) is 16.9. The highest BCUT2D eigenvalue weighted by Crippen LogP contribution is 2.66. The monoisotopic (exact) mass is 388 g/mol. The zero-order chi connectivity index (χ0) is 20.3. The van der Waals surface area contributed by atoms with Gasteiger partial charge in [0, 0.05) is 18.8 Å². The van der Waals surface area contributed by atoms with Gasteiger partial charge in [0.25, 0.3) is 0 Å². The quantitative estimate of drug-likeness (QED) is 0.576. The van der Waals surface area contributed by atoms with Crippen molar-refractivity contribution in [3.8, 4) is 0 Å². The van der Waals surface area contributed by atoms with Crippen molar-refractivity contribution in [1.82, 2.24) is 0 Å². The molecule has 2 aliphatic carbocycles. The maximum atomic E-state index is 12.9. The van der Waals surface area contributed by atoms with Crippen LogP contribution in [0.5, 0.6) is 0 Å². The number of rotatable bonds is 4. The molecule has 3 fully saturated rings. The fourth-order valence-corrected chi connectivity index (χ4v) is 6.38. The van der Waals surface area contributed by atoms with E-state index >= 15 is 0 Å². The number of Topliss-reactive ketones (excluding diaryl/α,β-unsaturated/α-hetero) is 1. The van der Waals surface area contributed by atoms with Crippen LogP contribution >= 0.6 is 0 Å². The van der Waals surface area contributed by atoms with Crippen LogP contribution in [-0.4, -0.2) is 29.9 Å². The van der Waals surface area contributed by atoms with Gasteiger partial charge in [0.1, 0.15) is 24.4 Å². The summed E-state index contributed by atoms with van der Waals surface area (Å²) in [6.07, 6.45) is 4.91. The summed E-state index contributed by atoms with van der Waals surface area (Å²) in [4.78, 5) is 37.3. The van der Waals surface area contributed by atoms with Gasteiger partial charge < -0.3 is 13.9 Å². The van der Waals surface area contributed by atoms with E-state index in [-0.39, 0.29) is 41.1 Å². The molecular weight excluding hydrogens is 360 g/mol. The second-order valence-corrected chi connectivity index (χ2v) is 9.30. The molecule has 7 atom stereocenters. The number of hydrogen-bond donors (Lipinski definition) is 0. The molecule has 0 spiro atoms. The third-order valence-electron chi connectivity index (χ3n) is 7.93. The van der Waals surface area contributed by atoms with Gasteiger partial charge in [-0.15, -0.1) is 0 Å². The number of ether oxygens (including phenoxy) is 2. The molecule has 0 amide bonds. The lowest BCUT2D eigenvalue weighted by molar-refractivity contribution is -0.174. The van der Waals surface area contributed by atoms with Crippen molar-refractivity contribution in [2.45, 2.75) is 65.6 Å². The Morgan fingerprint density at radius 3 is 2.68 bits per heavy atom. The number of furan rings is 1. The lowest BCUT2D eigenvalue weighted by atomic mass is 9.44. The third kappa shape index (κ3) is 2.64. The van der Waals surface area contributed by atoms with Crippen molar-refractivity contribution in [2.75, 3.05) is 0 Å². The third-order valence-corrected chi connectivity index (χ3v) is 7.93. The molecule has 2 heterocycles. The predicted octanol–water partition coefficient (Wildman–Crippen LogP) is 3.79. The summed E-state index contributed by atoms with van der Waals surface area (Å²) in [7, 11) is 0. The minimum atomic E-state index is -0.462. The SMILES string of the molecule is CC(=O)OC1CCC2C(C)(CC(=O)c3ccoc3)C(C)CC3OC(=O)C1C32C. The van der Waals surface area contributed by atoms with E-state index in [1.54, 1.807) is 6.07 Å². The van der Waals surface area contributed by atoms with Crippen molar-refractivity contribution >= 4 is 17.7 Å². The van der Waals surface area contributed by atoms with Crippen molar-refractivity contribution in [2.24, 2.45) is 28.6 Å². The second-order valence-electron chi connectivity index (χ2n) is 9.30. The molecule has 0 bridgehead atoms. The van der Waals surface area contributed by atoms with Gasteiger partial charge in [-0.05, 0) is 42.6 Å². The summed E-state index contributed by atoms with van der Waals surface area (Å²) in [5, 5.41) is 0. The molecule has 152 valence electrons. The Morgan fingerprint density at radius 2 is 2.04 bits per heavy atom. The molecule has 1 saturated heterocycles. The van der Waals surface area contributed by atoms with E-state index in [0.717, 1.165) is 12.8 Å². The topological polar surface area (TPSA) is 82.8 Å². The number of carbonyl (C=O) groups is 3. The van der Waals surface area contributed by atoms with Crippen LogP contribution in [0.25, 0.3) is 0 Å². The Bertz CT molecular complexity index is 798. The van der Waals surface area contributed by atoms with Crippen LogP contribution in [0.3, 0.4) is 0 Å². The average molecular weight is 388 g/mol. The summed E-state index contributed by atoms with van der Waals surface area (Å²) in [5.74, 6) is -0.674. The van der Waals surface area contributed by atoms with Gasteiger partial charge in [0.15, 0.2) is 5.78 Å². The van der Waals surface area contributed by atoms with Gasteiger partial charge in [-0.25, -0.2) is 0 Å². The highest BCUT2D eigenvalue weighted by atomic mass is 16.6. The molecule has 7 unspecified atom stereocenters. The van der Waals surface area contributed by atoms with E-state index in [2.05, 4.69) is 20.8 Å². The Labute approximate surface area is 164 Å². The summed E-state index contributed by atoms with van der Waals surface area (Å²) >= 11 is 0. The largest absolute Gasteiger partial charge is 0.472 e. The number of hydrogen-bond acceptors (Lipinski definition) is 6. The minimum Gasteiger partial charge on any atom is -0.472 e. The molecule has 6 heteroatoms. The molecule has 1 aromatic rings. The molecule has 1 aromatic heterocycles. The Balaban J connectivity index is 1.69. The molecule has 2 saturated carbocycles. The van der Waals surface area contributed by atoms with Crippen LogP contribution in [0, 0.1) is 28.6 Å². The first-order chi connectivity index (χ1) is 13.2. The first kappa shape index (κ1) is 19.2. The smallest absolute Gasteiger partial charge is 0.313 e. The number of carbonyl (C=O) groups excluding carboxylic acids is 3. The van der Waals surface area contributed by atoms with E-state index in [0.29, 0.717) is 18.4 Å². The fraction of sp³-hybridized carbons (Fsp3) is 0.682. The Hall–Kier alpha value is -2.11. The first-order valence-electron chi connectivity index (χ1n) is 10.1. The number of ketones is 1. The summed E-state index contributed by atoms with van der Waals surface area (Å²) < 4.78 is 16.4. The number of esters is 2. The van der Waals surface area contributed by atoms with Crippen LogP contribution in [0.2, 0.25) is 0 Å². The molecule has 3 aliphatic rings. The maximum Gasteiger partial charge on any atom is 0.313 e. The Kier molecular flexibility index (Phi) is 4.43. The fourth-order valence-electron chi connectivity index (χ4n) is 6.38. The van der Waals surface area contributed by atoms with Gasteiger partial charge in [-0.2, -0.15) is 0 Å². The zero-order valence-electron chi connectivity index (χ0n) is 16.9. The van der Waals surface area contributed by atoms with Crippen molar-refractivity contribution < 1.29 is 28.3 Å². The molecule has 0 N–H and O–H groups in total. The van der Waals surface area contributed by atoms with Crippen molar-refractivity contribution in [3.05, 3.63) is 24.2 Å². The highest BCUT2D eigenvalue weighted by molar-refractivity contribution is 5.96. The van der Waals surface area contributed by atoms with Gasteiger partial charge in [-0.1, -0.05) is 20.8 Å². The highest BCUT2D eigenvalue weighted by Gasteiger charge is 2.69. The van der Waals surface area contributed by atoms with Crippen LogP contribution in [0.4, 0.5) is 0 Å². The molecule has 1 aliphatic heterocycles. The van der Waals surface area contributed by atoms with E-state index in [9.17, 15) is 14.4 Å². The van der Waals surface area contributed by atoms with Gasteiger partial charge in [0.2, 0.25) is 0 Å². The van der Waals surface area contributed by atoms with Crippen molar-refractivity contribution in [1.29, 1.82) is 0 Å². The summed E-state index contributed by atoms with van der Waals surface area (Å²) in [6.45, 7) is 7.80. The van der Waals surface area contributed by atoms with Crippen LogP contribution < -0.4 is 0 Å². The molecule has 4 rings (SSSR count). The van der Waals surface area contributed by atoms with Crippen LogP contribution in [-0.2, 0) is 19.1 Å². The first-order valence-corrected chi connectivity index (χ1v) is 10.1. The van der Waals surface area contributed by atoms with Gasteiger partial charge in [0.05, 0.1) is 11.8 Å². The molecule has 28 heavy (non-hydrogen) atoms. The van der Waals surface area contributed by atoms with E-state index in [1.165, 1.54) is 19.5 Å². The van der Waals surface area contributed by atoms with E-state index in [1.807, 2.05) is 0 Å².